The summed E-state index contributed by atoms with van der Waals surface area (Å²) < 4.78 is 18.7. The molecule has 0 spiro atoms. The van der Waals surface area contributed by atoms with Crippen LogP contribution in [0.1, 0.15) is 16.1 Å². The highest BCUT2D eigenvalue weighted by atomic mass is 32.2. The van der Waals surface area contributed by atoms with E-state index in [2.05, 4.69) is 10.3 Å². The van der Waals surface area contributed by atoms with Crippen LogP contribution in [0, 0.1) is 5.82 Å². The standard InChI is InChI=1S/C20H17FN2O3S2/c1-26-17-8-6-15(7-9-17)22-19(25)10-16-11-27-20(23-16)28-12-18(24)13-2-4-14(21)5-3-13/h2-9,11H,10,12H2,1H3,(H,22,25). The van der Waals surface area contributed by atoms with Crippen LogP contribution in [-0.4, -0.2) is 29.5 Å². The summed E-state index contributed by atoms with van der Waals surface area (Å²) in [6.45, 7) is 0. The molecular formula is C20H17FN2O3S2. The lowest BCUT2D eigenvalue weighted by Gasteiger charge is -2.05. The Labute approximate surface area is 170 Å². The second-order valence-electron chi connectivity index (χ2n) is 5.78. The molecule has 144 valence electrons. The Hall–Kier alpha value is -2.71. The van der Waals surface area contributed by atoms with Crippen molar-refractivity contribution in [2.75, 3.05) is 18.2 Å². The minimum atomic E-state index is -0.373. The lowest BCUT2D eigenvalue weighted by molar-refractivity contribution is -0.115. The second-order valence-corrected chi connectivity index (χ2v) is 7.86. The molecule has 28 heavy (non-hydrogen) atoms. The van der Waals surface area contributed by atoms with Gasteiger partial charge in [0, 0.05) is 16.6 Å². The molecule has 1 heterocycles. The molecule has 0 saturated heterocycles. The first-order valence-electron chi connectivity index (χ1n) is 8.33. The van der Waals surface area contributed by atoms with Crippen molar-refractivity contribution in [2.45, 2.75) is 10.8 Å². The summed E-state index contributed by atoms with van der Waals surface area (Å²) in [6, 6.07) is 12.5. The maximum absolute atomic E-state index is 12.9. The van der Waals surface area contributed by atoms with E-state index in [0.717, 1.165) is 0 Å². The van der Waals surface area contributed by atoms with Gasteiger partial charge in [0.05, 0.1) is 25.0 Å². The van der Waals surface area contributed by atoms with Crippen molar-refractivity contribution in [3.63, 3.8) is 0 Å². The molecule has 0 atom stereocenters. The van der Waals surface area contributed by atoms with Gasteiger partial charge in [-0.15, -0.1) is 11.3 Å². The Morgan fingerprint density at radius 1 is 1.14 bits per heavy atom. The minimum absolute atomic E-state index is 0.0981. The number of nitrogens with zero attached hydrogens (tertiary/aromatic N) is 1. The molecule has 1 aromatic heterocycles. The van der Waals surface area contributed by atoms with Crippen LogP contribution in [0.15, 0.2) is 58.3 Å². The number of methoxy groups -OCH3 is 1. The van der Waals surface area contributed by atoms with E-state index in [1.807, 2.05) is 0 Å². The number of nitrogens with one attached hydrogen (secondary N) is 1. The summed E-state index contributed by atoms with van der Waals surface area (Å²) in [4.78, 5) is 28.7. The van der Waals surface area contributed by atoms with Gasteiger partial charge >= 0.3 is 0 Å². The first kappa shape index (κ1) is 20.0. The van der Waals surface area contributed by atoms with Crippen molar-refractivity contribution in [3.8, 4) is 5.75 Å². The topological polar surface area (TPSA) is 68.3 Å². The average molecular weight is 416 g/mol. The monoisotopic (exact) mass is 416 g/mol. The molecule has 0 aliphatic heterocycles. The molecule has 2 aromatic carbocycles. The maximum Gasteiger partial charge on any atom is 0.230 e. The van der Waals surface area contributed by atoms with E-state index >= 15 is 0 Å². The number of Topliss-reactive ketones (excluding diaryl/α,β-unsaturated/α-hetero) is 1. The number of thioether (sulfide) groups is 1. The summed E-state index contributed by atoms with van der Waals surface area (Å²) in [5.41, 5.74) is 1.79. The molecule has 0 bridgehead atoms. The van der Waals surface area contributed by atoms with Crippen molar-refractivity contribution in [1.29, 1.82) is 0 Å². The van der Waals surface area contributed by atoms with E-state index in [1.54, 1.807) is 36.8 Å². The van der Waals surface area contributed by atoms with E-state index < -0.39 is 0 Å². The number of anilines is 1. The summed E-state index contributed by atoms with van der Waals surface area (Å²) in [6.07, 6.45) is 0.148. The fourth-order valence-corrected chi connectivity index (χ4v) is 4.07. The first-order chi connectivity index (χ1) is 13.5. The van der Waals surface area contributed by atoms with E-state index in [0.29, 0.717) is 27.0 Å². The molecule has 1 N–H and O–H groups in total. The number of aromatic nitrogens is 1. The predicted octanol–water partition coefficient (Wildman–Crippen LogP) is 4.45. The van der Waals surface area contributed by atoms with Crippen LogP contribution in [0.3, 0.4) is 0 Å². The molecule has 3 rings (SSSR count). The molecule has 8 heteroatoms. The molecule has 1 amide bonds. The van der Waals surface area contributed by atoms with Gasteiger partial charge in [0.25, 0.3) is 0 Å². The van der Waals surface area contributed by atoms with E-state index in [-0.39, 0.29) is 29.7 Å². The van der Waals surface area contributed by atoms with Crippen LogP contribution in [0.25, 0.3) is 0 Å². The van der Waals surface area contributed by atoms with Crippen LogP contribution >= 0.6 is 23.1 Å². The van der Waals surface area contributed by atoms with Gasteiger partial charge in [-0.2, -0.15) is 0 Å². The summed E-state index contributed by atoms with van der Waals surface area (Å²) in [5, 5.41) is 4.61. The van der Waals surface area contributed by atoms with Gasteiger partial charge in [-0.05, 0) is 48.5 Å². The van der Waals surface area contributed by atoms with Crippen LogP contribution in [-0.2, 0) is 11.2 Å². The Bertz CT molecular complexity index is 956. The van der Waals surface area contributed by atoms with E-state index in [1.165, 1.54) is 47.4 Å². The smallest absolute Gasteiger partial charge is 0.230 e. The lowest BCUT2D eigenvalue weighted by Crippen LogP contribution is -2.14. The Morgan fingerprint density at radius 3 is 2.54 bits per heavy atom. The molecule has 3 aromatic rings. The lowest BCUT2D eigenvalue weighted by atomic mass is 10.1. The molecule has 0 saturated carbocycles. The van der Waals surface area contributed by atoms with Crippen molar-refractivity contribution < 1.29 is 18.7 Å². The molecule has 0 aliphatic carbocycles. The van der Waals surface area contributed by atoms with Gasteiger partial charge in [-0.1, -0.05) is 11.8 Å². The number of halogens is 1. The third-order valence-electron chi connectivity index (χ3n) is 3.74. The predicted molar refractivity (Wildman–Crippen MR) is 109 cm³/mol. The fraction of sp³-hybridized carbons (Fsp3) is 0.150. The SMILES string of the molecule is COc1ccc(NC(=O)Cc2csc(SCC(=O)c3ccc(F)cc3)n2)cc1. The number of ketones is 1. The molecular weight excluding hydrogens is 399 g/mol. The fourth-order valence-electron chi connectivity index (χ4n) is 2.33. The highest BCUT2D eigenvalue weighted by Crippen LogP contribution is 2.24. The number of amides is 1. The summed E-state index contributed by atoms with van der Waals surface area (Å²) >= 11 is 2.69. The van der Waals surface area contributed by atoms with E-state index in [9.17, 15) is 14.0 Å². The first-order valence-corrected chi connectivity index (χ1v) is 10.2. The third-order valence-corrected chi connectivity index (χ3v) is 5.81. The molecule has 5 nitrogen and oxygen atoms in total. The van der Waals surface area contributed by atoms with Crippen molar-refractivity contribution in [1.82, 2.24) is 4.98 Å². The van der Waals surface area contributed by atoms with Crippen LogP contribution in [0.2, 0.25) is 0 Å². The number of carbonyl (C=O) groups is 2. The number of hydrogen-bond acceptors (Lipinski definition) is 6. The van der Waals surface area contributed by atoms with Gasteiger partial charge in [0.1, 0.15) is 11.6 Å². The average Bonchev–Trinajstić information content (AvgIpc) is 3.14. The second kappa shape index (κ2) is 9.48. The van der Waals surface area contributed by atoms with Crippen LogP contribution in [0.4, 0.5) is 10.1 Å². The van der Waals surface area contributed by atoms with Gasteiger partial charge in [0.2, 0.25) is 5.91 Å². The maximum atomic E-state index is 12.9. The van der Waals surface area contributed by atoms with Crippen LogP contribution in [0.5, 0.6) is 5.75 Å². The highest BCUT2D eigenvalue weighted by molar-refractivity contribution is 8.01. The zero-order valence-corrected chi connectivity index (χ0v) is 16.6. The van der Waals surface area contributed by atoms with Crippen LogP contribution < -0.4 is 10.1 Å². The number of benzene rings is 2. The number of carbonyl (C=O) groups excluding carboxylic acids is 2. The highest BCUT2D eigenvalue weighted by Gasteiger charge is 2.11. The minimum Gasteiger partial charge on any atom is -0.497 e. The largest absolute Gasteiger partial charge is 0.497 e. The third kappa shape index (κ3) is 5.64. The normalized spacial score (nSPS) is 10.5. The zero-order chi connectivity index (χ0) is 19.9. The summed E-state index contributed by atoms with van der Waals surface area (Å²) in [5.74, 6) is 0.279. The molecule has 0 radical (unpaired) electrons. The van der Waals surface area contributed by atoms with Crippen molar-refractivity contribution in [2.24, 2.45) is 0 Å². The van der Waals surface area contributed by atoms with Crippen molar-refractivity contribution >= 4 is 40.5 Å². The number of ether oxygens (including phenoxy) is 1. The Kier molecular flexibility index (Phi) is 6.78. The van der Waals surface area contributed by atoms with Gasteiger partial charge in [-0.3, -0.25) is 9.59 Å². The quantitative estimate of drug-likeness (QED) is 0.434. The Morgan fingerprint density at radius 2 is 1.86 bits per heavy atom. The summed E-state index contributed by atoms with van der Waals surface area (Å²) in [7, 11) is 1.58. The number of hydrogen-bond donors (Lipinski definition) is 1. The van der Waals surface area contributed by atoms with E-state index in [4.69, 9.17) is 4.74 Å². The molecule has 0 fully saturated rings. The number of rotatable bonds is 8. The van der Waals surface area contributed by atoms with Crippen molar-refractivity contribution in [3.05, 3.63) is 71.0 Å². The molecule has 0 unspecified atom stereocenters. The van der Waals surface area contributed by atoms with Gasteiger partial charge < -0.3 is 10.1 Å². The van der Waals surface area contributed by atoms with Gasteiger partial charge in [0.15, 0.2) is 10.1 Å². The number of thiazole rings is 1. The van der Waals surface area contributed by atoms with Gasteiger partial charge in [-0.25, -0.2) is 9.37 Å². The Balaban J connectivity index is 1.49. The molecule has 0 aliphatic rings. The zero-order valence-electron chi connectivity index (χ0n) is 15.0.